The van der Waals surface area contributed by atoms with Crippen LogP contribution in [0.4, 0.5) is 24.0 Å². The van der Waals surface area contributed by atoms with E-state index in [1.54, 1.807) is 11.4 Å². The van der Waals surface area contributed by atoms with E-state index in [9.17, 15) is 18.3 Å². The lowest BCUT2D eigenvalue weighted by Crippen LogP contribution is -2.05. The summed E-state index contributed by atoms with van der Waals surface area (Å²) in [7, 11) is 0. The van der Waals surface area contributed by atoms with Gasteiger partial charge < -0.3 is 10.4 Å². The number of aromatic hydroxyl groups is 1. The van der Waals surface area contributed by atoms with Gasteiger partial charge in [-0.25, -0.2) is 4.98 Å². The van der Waals surface area contributed by atoms with Crippen LogP contribution in [0.15, 0.2) is 16.8 Å². The number of nitrogens with one attached hydrogen (secondary N) is 1. The number of thiazole rings is 1. The molecule has 3 nitrogen and oxygen atoms in total. The van der Waals surface area contributed by atoms with Crippen LogP contribution < -0.4 is 5.32 Å². The molecule has 8 heteroatoms. The molecule has 0 spiro atoms. The highest BCUT2D eigenvalue weighted by Gasteiger charge is 2.33. The molecular weight excluding hydrogens is 261 g/mol. The van der Waals surface area contributed by atoms with Crippen LogP contribution in [0, 0.1) is 0 Å². The Morgan fingerprint density at radius 1 is 1.31 bits per heavy atom. The van der Waals surface area contributed by atoms with E-state index < -0.39 is 11.9 Å². The molecule has 2 heterocycles. The van der Waals surface area contributed by atoms with Gasteiger partial charge in [-0.05, 0) is 11.4 Å². The van der Waals surface area contributed by atoms with E-state index in [2.05, 4.69) is 10.3 Å². The Bertz CT molecular complexity index is 491. The minimum absolute atomic E-state index is 0.0174. The highest BCUT2D eigenvalue weighted by molar-refractivity contribution is 7.14. The van der Waals surface area contributed by atoms with Crippen LogP contribution >= 0.6 is 22.7 Å². The number of anilines is 2. The lowest BCUT2D eigenvalue weighted by molar-refractivity contribution is -0.140. The number of aromatic nitrogens is 1. The first-order chi connectivity index (χ1) is 7.47. The number of halogens is 3. The number of rotatable bonds is 2. The number of alkyl halides is 3. The fourth-order valence-corrected chi connectivity index (χ4v) is 2.28. The van der Waals surface area contributed by atoms with Crippen LogP contribution in [-0.2, 0) is 6.18 Å². The van der Waals surface area contributed by atoms with Crippen molar-refractivity contribution >= 4 is 33.5 Å². The van der Waals surface area contributed by atoms with Gasteiger partial charge in [-0.3, -0.25) is 0 Å². The summed E-state index contributed by atoms with van der Waals surface area (Å²) in [6.45, 7) is 0. The third-order valence-electron chi connectivity index (χ3n) is 1.68. The molecule has 0 aliphatic rings. The standard InChI is InChI=1S/C8H5F3N2OS2/c9-8(10,11)5-3-16-7(13-5)12-4-1-2-15-6(4)14/h1-3,14H,(H,12,13). The van der Waals surface area contributed by atoms with Crippen LogP contribution in [0.2, 0.25) is 0 Å². The molecule has 0 radical (unpaired) electrons. The van der Waals surface area contributed by atoms with Gasteiger partial charge in [0.25, 0.3) is 0 Å². The molecule has 0 saturated heterocycles. The molecule has 0 aliphatic heterocycles. The summed E-state index contributed by atoms with van der Waals surface area (Å²) in [6, 6.07) is 1.56. The Kier molecular flexibility index (Phi) is 2.76. The van der Waals surface area contributed by atoms with E-state index in [1.165, 1.54) is 0 Å². The van der Waals surface area contributed by atoms with Gasteiger partial charge in [0, 0.05) is 5.38 Å². The predicted molar refractivity (Wildman–Crippen MR) is 56.4 cm³/mol. The summed E-state index contributed by atoms with van der Waals surface area (Å²) in [4.78, 5) is 3.37. The van der Waals surface area contributed by atoms with Crippen molar-refractivity contribution in [3.63, 3.8) is 0 Å². The summed E-state index contributed by atoms with van der Waals surface area (Å²) >= 11 is 1.92. The Labute approximate surface area is 96.2 Å². The van der Waals surface area contributed by atoms with Crippen LogP contribution in [-0.4, -0.2) is 10.1 Å². The van der Waals surface area contributed by atoms with Crippen molar-refractivity contribution in [2.24, 2.45) is 0 Å². The molecule has 0 aliphatic carbocycles. The number of hydrogen-bond donors (Lipinski definition) is 2. The minimum atomic E-state index is -4.44. The van der Waals surface area contributed by atoms with E-state index in [4.69, 9.17) is 0 Å². The van der Waals surface area contributed by atoms with Gasteiger partial charge in [0.15, 0.2) is 15.9 Å². The Hall–Kier alpha value is -1.28. The zero-order valence-corrected chi connectivity index (χ0v) is 9.21. The van der Waals surface area contributed by atoms with Gasteiger partial charge in [0.2, 0.25) is 0 Å². The third-order valence-corrected chi connectivity index (χ3v) is 3.15. The minimum Gasteiger partial charge on any atom is -0.498 e. The molecule has 16 heavy (non-hydrogen) atoms. The third kappa shape index (κ3) is 2.27. The summed E-state index contributed by atoms with van der Waals surface area (Å²) < 4.78 is 36.7. The number of thiophene rings is 1. The zero-order chi connectivity index (χ0) is 11.8. The molecule has 0 saturated carbocycles. The summed E-state index contributed by atoms with van der Waals surface area (Å²) in [5, 5.41) is 14.6. The second-order valence-corrected chi connectivity index (χ2v) is 4.55. The van der Waals surface area contributed by atoms with E-state index in [-0.39, 0.29) is 10.2 Å². The first-order valence-electron chi connectivity index (χ1n) is 4.03. The van der Waals surface area contributed by atoms with E-state index in [0.717, 1.165) is 28.1 Å². The van der Waals surface area contributed by atoms with Crippen LogP contribution in [0.3, 0.4) is 0 Å². The van der Waals surface area contributed by atoms with Crippen molar-refractivity contribution in [2.45, 2.75) is 6.18 Å². The Morgan fingerprint density at radius 2 is 2.06 bits per heavy atom. The predicted octanol–water partition coefficient (Wildman–Crippen LogP) is 3.67. The largest absolute Gasteiger partial charge is 0.498 e. The molecule has 2 N–H and O–H groups in total. The smallest absolute Gasteiger partial charge is 0.434 e. The molecule has 0 aromatic carbocycles. The summed E-state index contributed by atoms with van der Waals surface area (Å²) in [5.41, 5.74) is -0.581. The quantitative estimate of drug-likeness (QED) is 0.871. The monoisotopic (exact) mass is 266 g/mol. The van der Waals surface area contributed by atoms with Crippen LogP contribution in [0.1, 0.15) is 5.69 Å². The molecule has 0 bridgehead atoms. The zero-order valence-electron chi connectivity index (χ0n) is 7.58. The summed E-state index contributed by atoms with van der Waals surface area (Å²) in [5.74, 6) is 0. The second kappa shape index (κ2) is 3.95. The van der Waals surface area contributed by atoms with Gasteiger partial charge in [-0.1, -0.05) is 0 Å². The Balaban J connectivity index is 2.18. The van der Waals surface area contributed by atoms with Crippen molar-refractivity contribution in [3.05, 3.63) is 22.5 Å². The van der Waals surface area contributed by atoms with Crippen molar-refractivity contribution < 1.29 is 18.3 Å². The van der Waals surface area contributed by atoms with Crippen molar-refractivity contribution in [3.8, 4) is 5.06 Å². The van der Waals surface area contributed by atoms with Crippen molar-refractivity contribution in [1.82, 2.24) is 4.98 Å². The molecule has 0 amide bonds. The average molecular weight is 266 g/mol. The van der Waals surface area contributed by atoms with Gasteiger partial charge in [-0.15, -0.1) is 22.7 Å². The van der Waals surface area contributed by atoms with Gasteiger partial charge in [0.1, 0.15) is 0 Å². The van der Waals surface area contributed by atoms with Crippen LogP contribution in [0.25, 0.3) is 0 Å². The highest BCUT2D eigenvalue weighted by Crippen LogP contribution is 2.35. The number of hydrogen-bond acceptors (Lipinski definition) is 5. The molecule has 2 aromatic heterocycles. The Morgan fingerprint density at radius 3 is 2.56 bits per heavy atom. The lowest BCUT2D eigenvalue weighted by atomic mass is 10.5. The van der Waals surface area contributed by atoms with Crippen molar-refractivity contribution in [1.29, 1.82) is 0 Å². The molecule has 2 aromatic rings. The highest BCUT2D eigenvalue weighted by atomic mass is 32.1. The van der Waals surface area contributed by atoms with E-state index >= 15 is 0 Å². The van der Waals surface area contributed by atoms with Crippen LogP contribution in [0.5, 0.6) is 5.06 Å². The van der Waals surface area contributed by atoms with Gasteiger partial charge in [-0.2, -0.15) is 13.2 Å². The molecule has 2 rings (SSSR count). The molecule has 0 atom stereocenters. The SMILES string of the molecule is Oc1sccc1Nc1nc(C(F)(F)F)cs1. The first-order valence-corrected chi connectivity index (χ1v) is 5.79. The topological polar surface area (TPSA) is 45.1 Å². The number of nitrogens with zero attached hydrogens (tertiary/aromatic N) is 1. The average Bonchev–Trinajstić information content (AvgIpc) is 2.76. The normalized spacial score (nSPS) is 11.7. The molecule has 0 unspecified atom stereocenters. The maximum Gasteiger partial charge on any atom is 0.434 e. The fraction of sp³-hybridized carbons (Fsp3) is 0.125. The summed E-state index contributed by atoms with van der Waals surface area (Å²) in [6.07, 6.45) is -4.44. The van der Waals surface area contributed by atoms with Crippen molar-refractivity contribution in [2.75, 3.05) is 5.32 Å². The molecule has 86 valence electrons. The maximum absolute atomic E-state index is 12.2. The molecular formula is C8H5F3N2OS2. The van der Waals surface area contributed by atoms with E-state index in [1.807, 2.05) is 0 Å². The molecule has 0 fully saturated rings. The maximum atomic E-state index is 12.2. The fourth-order valence-electron chi connectivity index (χ4n) is 0.973. The van der Waals surface area contributed by atoms with Gasteiger partial charge >= 0.3 is 6.18 Å². The first kappa shape index (κ1) is 11.2. The second-order valence-electron chi connectivity index (χ2n) is 2.80. The van der Waals surface area contributed by atoms with E-state index in [0.29, 0.717) is 5.69 Å². The lowest BCUT2D eigenvalue weighted by Gasteiger charge is -2.01. The van der Waals surface area contributed by atoms with Gasteiger partial charge in [0.05, 0.1) is 5.69 Å².